The minimum atomic E-state index is 0.214. The van der Waals surface area contributed by atoms with Gasteiger partial charge in [-0.25, -0.2) is 0 Å². The van der Waals surface area contributed by atoms with Gasteiger partial charge in [0.2, 0.25) is 0 Å². The van der Waals surface area contributed by atoms with Crippen molar-refractivity contribution in [2.45, 2.75) is 52.0 Å². The summed E-state index contributed by atoms with van der Waals surface area (Å²) in [6.45, 7) is 4.13. The molecule has 1 aliphatic rings. The molecule has 1 fully saturated rings. The summed E-state index contributed by atoms with van der Waals surface area (Å²) in [5.41, 5.74) is 1.95. The molecule has 2 nitrogen and oxygen atoms in total. The number of hydrogen-bond donors (Lipinski definition) is 1. The fraction of sp³-hybridized carbons (Fsp3) is 0.562. The molecule has 1 aromatic carbocycles. The zero-order valence-electron chi connectivity index (χ0n) is 11.4. The van der Waals surface area contributed by atoms with Crippen LogP contribution in [0.4, 0.5) is 5.69 Å². The molecule has 1 saturated carbocycles. The zero-order chi connectivity index (χ0) is 13.0. The van der Waals surface area contributed by atoms with Gasteiger partial charge in [-0.05, 0) is 43.0 Å². The number of rotatable bonds is 7. The summed E-state index contributed by atoms with van der Waals surface area (Å²) in [4.78, 5) is 11.5. The SMILES string of the molecule is CCC(=O)c1ccc(NC(CC)CC2CC2)cc1. The molecule has 2 rings (SSSR count). The number of benzene rings is 1. The van der Waals surface area contributed by atoms with E-state index in [2.05, 4.69) is 12.2 Å². The Hall–Kier alpha value is -1.31. The molecule has 1 aromatic rings. The van der Waals surface area contributed by atoms with Crippen LogP contribution in [0, 0.1) is 5.92 Å². The Morgan fingerprint density at radius 1 is 1.28 bits per heavy atom. The van der Waals surface area contributed by atoms with Gasteiger partial charge in [-0.1, -0.05) is 26.7 Å². The van der Waals surface area contributed by atoms with E-state index < -0.39 is 0 Å². The fourth-order valence-electron chi connectivity index (χ4n) is 2.28. The number of ketones is 1. The largest absolute Gasteiger partial charge is 0.382 e. The van der Waals surface area contributed by atoms with Gasteiger partial charge in [-0.3, -0.25) is 4.79 Å². The Bertz CT molecular complexity index is 392. The molecule has 0 bridgehead atoms. The third-order valence-corrected chi connectivity index (χ3v) is 3.71. The lowest BCUT2D eigenvalue weighted by Crippen LogP contribution is -2.19. The zero-order valence-corrected chi connectivity index (χ0v) is 11.4. The standard InChI is InChI=1S/C16H23NO/c1-3-14(11-12-5-6-12)17-15-9-7-13(8-10-15)16(18)4-2/h7-10,12,14,17H,3-6,11H2,1-2H3. The van der Waals surface area contributed by atoms with E-state index >= 15 is 0 Å². The maximum atomic E-state index is 11.5. The van der Waals surface area contributed by atoms with E-state index in [0.717, 1.165) is 23.6 Å². The molecule has 0 spiro atoms. The molecule has 0 aliphatic heterocycles. The van der Waals surface area contributed by atoms with Crippen molar-refractivity contribution < 1.29 is 4.79 Å². The van der Waals surface area contributed by atoms with Crippen LogP contribution in [0.25, 0.3) is 0 Å². The first-order valence-electron chi connectivity index (χ1n) is 7.12. The van der Waals surface area contributed by atoms with E-state index in [0.29, 0.717) is 12.5 Å². The minimum Gasteiger partial charge on any atom is -0.382 e. The molecule has 0 amide bonds. The molecule has 2 heteroatoms. The predicted octanol–water partition coefficient (Wildman–Crippen LogP) is 4.27. The molecule has 0 radical (unpaired) electrons. The predicted molar refractivity (Wildman–Crippen MR) is 76.1 cm³/mol. The van der Waals surface area contributed by atoms with E-state index in [1.54, 1.807) is 0 Å². The summed E-state index contributed by atoms with van der Waals surface area (Å²) < 4.78 is 0. The lowest BCUT2D eigenvalue weighted by Gasteiger charge is -2.18. The molecule has 1 atom stereocenters. The van der Waals surface area contributed by atoms with Crippen molar-refractivity contribution in [3.05, 3.63) is 29.8 Å². The summed E-state index contributed by atoms with van der Waals surface area (Å²) in [7, 11) is 0. The summed E-state index contributed by atoms with van der Waals surface area (Å²) in [5.74, 6) is 1.16. The third kappa shape index (κ3) is 3.59. The van der Waals surface area contributed by atoms with Gasteiger partial charge in [-0.15, -0.1) is 0 Å². The molecule has 0 aromatic heterocycles. The molecule has 18 heavy (non-hydrogen) atoms. The van der Waals surface area contributed by atoms with Gasteiger partial charge < -0.3 is 5.32 Å². The van der Waals surface area contributed by atoms with Gasteiger partial charge in [0, 0.05) is 23.7 Å². The van der Waals surface area contributed by atoms with Crippen molar-refractivity contribution >= 4 is 11.5 Å². The van der Waals surface area contributed by atoms with Gasteiger partial charge in [-0.2, -0.15) is 0 Å². The maximum Gasteiger partial charge on any atom is 0.162 e. The minimum absolute atomic E-state index is 0.214. The van der Waals surface area contributed by atoms with Crippen LogP contribution in [0.5, 0.6) is 0 Å². The summed E-state index contributed by atoms with van der Waals surface area (Å²) in [6, 6.07) is 8.48. The van der Waals surface area contributed by atoms with Crippen LogP contribution in [0.1, 0.15) is 56.3 Å². The van der Waals surface area contributed by atoms with Crippen LogP contribution >= 0.6 is 0 Å². The number of Topliss-reactive ketones (excluding diaryl/α,β-unsaturated/α-hetero) is 1. The van der Waals surface area contributed by atoms with Crippen LogP contribution in [0.2, 0.25) is 0 Å². The van der Waals surface area contributed by atoms with E-state index in [1.165, 1.54) is 19.3 Å². The van der Waals surface area contributed by atoms with Crippen molar-refractivity contribution in [2.75, 3.05) is 5.32 Å². The lowest BCUT2D eigenvalue weighted by molar-refractivity contribution is 0.0988. The Balaban J connectivity index is 1.93. The molecular weight excluding hydrogens is 222 g/mol. The van der Waals surface area contributed by atoms with Gasteiger partial charge >= 0.3 is 0 Å². The molecule has 1 aliphatic carbocycles. The van der Waals surface area contributed by atoms with Gasteiger partial charge in [0.1, 0.15) is 0 Å². The van der Waals surface area contributed by atoms with Crippen LogP contribution < -0.4 is 5.32 Å². The molecule has 1 N–H and O–H groups in total. The van der Waals surface area contributed by atoms with E-state index in [-0.39, 0.29) is 5.78 Å². The highest BCUT2D eigenvalue weighted by atomic mass is 16.1. The second kappa shape index (κ2) is 6.03. The van der Waals surface area contributed by atoms with Crippen molar-refractivity contribution in [3.8, 4) is 0 Å². The third-order valence-electron chi connectivity index (χ3n) is 3.71. The van der Waals surface area contributed by atoms with E-state index in [9.17, 15) is 4.79 Å². The van der Waals surface area contributed by atoms with Gasteiger partial charge in [0.15, 0.2) is 5.78 Å². The number of hydrogen-bond acceptors (Lipinski definition) is 2. The first-order valence-corrected chi connectivity index (χ1v) is 7.12. The number of carbonyl (C=O) groups is 1. The average molecular weight is 245 g/mol. The van der Waals surface area contributed by atoms with Crippen molar-refractivity contribution in [1.82, 2.24) is 0 Å². The summed E-state index contributed by atoms with van der Waals surface area (Å²) >= 11 is 0. The molecule has 1 unspecified atom stereocenters. The van der Waals surface area contributed by atoms with Gasteiger partial charge in [0.05, 0.1) is 0 Å². The highest BCUT2D eigenvalue weighted by Crippen LogP contribution is 2.34. The van der Waals surface area contributed by atoms with Crippen molar-refractivity contribution in [2.24, 2.45) is 5.92 Å². The van der Waals surface area contributed by atoms with Crippen molar-refractivity contribution in [3.63, 3.8) is 0 Å². The highest BCUT2D eigenvalue weighted by molar-refractivity contribution is 5.96. The highest BCUT2D eigenvalue weighted by Gasteiger charge is 2.24. The van der Waals surface area contributed by atoms with Crippen molar-refractivity contribution in [1.29, 1.82) is 0 Å². The van der Waals surface area contributed by atoms with Gasteiger partial charge in [0.25, 0.3) is 0 Å². The first kappa shape index (κ1) is 13.1. The first-order chi connectivity index (χ1) is 8.72. The monoisotopic (exact) mass is 245 g/mol. The fourth-order valence-corrected chi connectivity index (χ4v) is 2.28. The lowest BCUT2D eigenvalue weighted by atomic mass is 10.1. The van der Waals surface area contributed by atoms with Crippen LogP contribution in [-0.4, -0.2) is 11.8 Å². The summed E-state index contributed by atoms with van der Waals surface area (Å²) in [6.07, 6.45) is 5.83. The second-order valence-electron chi connectivity index (χ2n) is 5.28. The number of carbonyl (C=O) groups excluding carboxylic acids is 1. The van der Waals surface area contributed by atoms with E-state index in [1.807, 2.05) is 31.2 Å². The number of anilines is 1. The average Bonchev–Trinajstić information content (AvgIpc) is 3.22. The molecule has 0 heterocycles. The smallest absolute Gasteiger partial charge is 0.162 e. The van der Waals surface area contributed by atoms with Crippen LogP contribution in [-0.2, 0) is 0 Å². The summed E-state index contributed by atoms with van der Waals surface area (Å²) in [5, 5.41) is 3.57. The molecular formula is C16H23NO. The number of nitrogens with one attached hydrogen (secondary N) is 1. The Kier molecular flexibility index (Phi) is 4.40. The van der Waals surface area contributed by atoms with Crippen LogP contribution in [0.3, 0.4) is 0 Å². The Morgan fingerprint density at radius 3 is 2.44 bits per heavy atom. The Morgan fingerprint density at radius 2 is 1.94 bits per heavy atom. The normalized spacial score (nSPS) is 16.3. The topological polar surface area (TPSA) is 29.1 Å². The molecule has 98 valence electrons. The molecule has 0 saturated heterocycles. The quantitative estimate of drug-likeness (QED) is 0.727. The Labute approximate surface area is 110 Å². The maximum absolute atomic E-state index is 11.5. The van der Waals surface area contributed by atoms with E-state index in [4.69, 9.17) is 0 Å². The van der Waals surface area contributed by atoms with Crippen LogP contribution in [0.15, 0.2) is 24.3 Å². The second-order valence-corrected chi connectivity index (χ2v) is 5.28.